The molecule has 0 saturated heterocycles. The number of nitrogen functional groups attached to an aromatic ring is 2. The third-order valence-electron chi connectivity index (χ3n) is 6.38. The van der Waals surface area contributed by atoms with Crippen LogP contribution in [0.15, 0.2) is 49.1 Å². The van der Waals surface area contributed by atoms with Crippen LogP contribution in [0.3, 0.4) is 0 Å². The molecule has 0 spiro atoms. The number of fused-ring (bicyclic) bond motifs is 2. The van der Waals surface area contributed by atoms with Crippen LogP contribution in [0, 0.1) is 5.92 Å². The Morgan fingerprint density at radius 1 is 1.03 bits per heavy atom. The van der Waals surface area contributed by atoms with Crippen molar-refractivity contribution in [2.24, 2.45) is 5.92 Å². The zero-order valence-corrected chi connectivity index (χ0v) is 16.5. The van der Waals surface area contributed by atoms with Gasteiger partial charge in [0, 0.05) is 23.8 Å². The molecule has 1 fully saturated rings. The highest BCUT2D eigenvalue weighted by Crippen LogP contribution is 2.39. The summed E-state index contributed by atoms with van der Waals surface area (Å²) in [7, 11) is 0. The van der Waals surface area contributed by atoms with Gasteiger partial charge in [0.25, 0.3) is 0 Å². The van der Waals surface area contributed by atoms with Gasteiger partial charge in [-0.1, -0.05) is 24.6 Å². The van der Waals surface area contributed by atoms with Gasteiger partial charge in [0.15, 0.2) is 0 Å². The summed E-state index contributed by atoms with van der Waals surface area (Å²) in [5.74, 6) is 1.91. The van der Waals surface area contributed by atoms with E-state index >= 15 is 0 Å². The van der Waals surface area contributed by atoms with Gasteiger partial charge in [-0.15, -0.1) is 0 Å². The number of nitrogens with zero attached hydrogens (tertiary/aromatic N) is 4. The molecule has 3 aromatic heterocycles. The predicted molar refractivity (Wildman–Crippen MR) is 117 cm³/mol. The fraction of sp³-hybridized carbons (Fsp3) is 0.348. The molecule has 0 bridgehead atoms. The number of rotatable bonds is 5. The van der Waals surface area contributed by atoms with Gasteiger partial charge in [0.2, 0.25) is 0 Å². The van der Waals surface area contributed by atoms with Crippen molar-refractivity contribution in [2.75, 3.05) is 11.5 Å². The van der Waals surface area contributed by atoms with Crippen LogP contribution in [0.25, 0.3) is 21.8 Å². The summed E-state index contributed by atoms with van der Waals surface area (Å²) in [6.07, 6.45) is 12.8. The molecule has 1 aromatic carbocycles. The Labute approximate surface area is 170 Å². The van der Waals surface area contributed by atoms with Gasteiger partial charge in [-0.25, -0.2) is 15.0 Å². The average molecular weight is 387 g/mol. The highest BCUT2D eigenvalue weighted by atomic mass is 15.1. The van der Waals surface area contributed by atoms with E-state index in [2.05, 4.69) is 43.9 Å². The first-order valence-electron chi connectivity index (χ1n) is 10.4. The van der Waals surface area contributed by atoms with Crippen molar-refractivity contribution in [1.82, 2.24) is 19.5 Å². The number of anilines is 2. The van der Waals surface area contributed by atoms with Crippen molar-refractivity contribution in [1.29, 1.82) is 0 Å². The lowest BCUT2D eigenvalue weighted by molar-refractivity contribution is 0.450. The van der Waals surface area contributed by atoms with Gasteiger partial charge < -0.3 is 16.0 Å². The Balaban J connectivity index is 1.23. The second-order valence-corrected chi connectivity index (χ2v) is 8.19. The van der Waals surface area contributed by atoms with Crippen LogP contribution < -0.4 is 11.5 Å². The molecule has 2 unspecified atom stereocenters. The zero-order valence-electron chi connectivity index (χ0n) is 16.5. The van der Waals surface area contributed by atoms with Crippen molar-refractivity contribution in [3.63, 3.8) is 0 Å². The van der Waals surface area contributed by atoms with Crippen molar-refractivity contribution >= 4 is 33.4 Å². The van der Waals surface area contributed by atoms with Crippen molar-refractivity contribution in [3.8, 4) is 0 Å². The van der Waals surface area contributed by atoms with Crippen LogP contribution in [0.5, 0.6) is 0 Å². The smallest absolute Gasteiger partial charge is 0.145 e. The molecular weight excluding hydrogens is 360 g/mol. The maximum absolute atomic E-state index is 5.99. The summed E-state index contributed by atoms with van der Waals surface area (Å²) in [6.45, 7) is 0. The zero-order chi connectivity index (χ0) is 19.8. The lowest BCUT2D eigenvalue weighted by Gasteiger charge is -2.14. The molecule has 1 aliphatic carbocycles. The number of hydrogen-bond donors (Lipinski definition) is 2. The van der Waals surface area contributed by atoms with E-state index in [9.17, 15) is 0 Å². The highest BCUT2D eigenvalue weighted by molar-refractivity contribution is 5.87. The molecule has 5 rings (SSSR count). The maximum Gasteiger partial charge on any atom is 0.145 e. The molecule has 0 amide bonds. The molecule has 2 atom stereocenters. The van der Waals surface area contributed by atoms with Crippen molar-refractivity contribution in [2.45, 2.75) is 44.6 Å². The van der Waals surface area contributed by atoms with Crippen LogP contribution in [0.2, 0.25) is 0 Å². The van der Waals surface area contributed by atoms with Gasteiger partial charge >= 0.3 is 0 Å². The molecule has 3 heterocycles. The summed E-state index contributed by atoms with van der Waals surface area (Å²) in [4.78, 5) is 12.8. The van der Waals surface area contributed by atoms with Crippen LogP contribution in [0.1, 0.15) is 43.7 Å². The predicted octanol–water partition coefficient (Wildman–Crippen LogP) is 4.51. The second-order valence-electron chi connectivity index (χ2n) is 8.19. The molecule has 4 N–H and O–H groups in total. The highest BCUT2D eigenvalue weighted by Gasteiger charge is 2.26. The Morgan fingerprint density at radius 3 is 2.90 bits per heavy atom. The molecular formula is C23H26N6. The molecule has 4 aromatic rings. The van der Waals surface area contributed by atoms with Gasteiger partial charge in [0.05, 0.1) is 5.39 Å². The summed E-state index contributed by atoms with van der Waals surface area (Å²) < 4.78 is 2.30. The number of nitrogens with two attached hydrogens (primary N) is 2. The van der Waals surface area contributed by atoms with Gasteiger partial charge in [-0.3, -0.25) is 0 Å². The van der Waals surface area contributed by atoms with E-state index < -0.39 is 0 Å². The van der Waals surface area contributed by atoms with E-state index in [4.69, 9.17) is 11.5 Å². The third kappa shape index (κ3) is 3.39. The molecule has 6 nitrogen and oxygen atoms in total. The minimum Gasteiger partial charge on any atom is -0.384 e. The summed E-state index contributed by atoms with van der Waals surface area (Å²) >= 11 is 0. The van der Waals surface area contributed by atoms with Crippen molar-refractivity contribution < 1.29 is 0 Å². The largest absolute Gasteiger partial charge is 0.384 e. The molecule has 0 aliphatic heterocycles. The summed E-state index contributed by atoms with van der Waals surface area (Å²) in [5.41, 5.74) is 14.1. The first kappa shape index (κ1) is 17.9. The molecule has 1 aliphatic rings. The lowest BCUT2D eigenvalue weighted by atomic mass is 9.96. The standard InChI is InChI=1S/C23H26N6/c24-21-12-17-6-2-5-16(20(17)13-26-21)4-1-3-15-7-8-18(11-15)29-10-9-19-22(25)27-14-28-23(19)29/h2,5-6,9-10,12-15,18H,1,3-4,7-8,11H2,(H2,24,26)(H2,25,27,28). The van der Waals surface area contributed by atoms with Gasteiger partial charge in [0.1, 0.15) is 23.6 Å². The van der Waals surface area contributed by atoms with Crippen LogP contribution in [-0.4, -0.2) is 19.5 Å². The van der Waals surface area contributed by atoms with Crippen LogP contribution in [0.4, 0.5) is 11.6 Å². The van der Waals surface area contributed by atoms with E-state index in [0.29, 0.717) is 17.7 Å². The van der Waals surface area contributed by atoms with E-state index in [-0.39, 0.29) is 0 Å². The molecule has 1 saturated carbocycles. The molecule has 148 valence electrons. The molecule has 0 radical (unpaired) electrons. The number of hydrogen-bond acceptors (Lipinski definition) is 5. The second kappa shape index (κ2) is 7.35. The minimum atomic E-state index is 0.511. The SMILES string of the molecule is Nc1cc2cccc(CCCC3CCC(n4ccc5c(N)ncnc54)C3)c2cn1. The van der Waals surface area contributed by atoms with E-state index in [1.165, 1.54) is 48.4 Å². The summed E-state index contributed by atoms with van der Waals surface area (Å²) in [5, 5.41) is 3.36. The first-order chi connectivity index (χ1) is 14.2. The third-order valence-corrected chi connectivity index (χ3v) is 6.38. The first-order valence-corrected chi connectivity index (χ1v) is 10.4. The van der Waals surface area contributed by atoms with Gasteiger partial charge in [-0.05, 0) is 61.1 Å². The fourth-order valence-electron chi connectivity index (χ4n) is 4.90. The van der Waals surface area contributed by atoms with E-state index in [1.807, 2.05) is 18.3 Å². The van der Waals surface area contributed by atoms with Crippen LogP contribution >= 0.6 is 0 Å². The Bertz CT molecular complexity index is 1160. The van der Waals surface area contributed by atoms with E-state index in [0.717, 1.165) is 23.4 Å². The Kier molecular flexibility index (Phi) is 4.54. The number of pyridine rings is 1. The Hall–Kier alpha value is -3.15. The number of benzene rings is 1. The van der Waals surface area contributed by atoms with Crippen LogP contribution in [-0.2, 0) is 6.42 Å². The average Bonchev–Trinajstić information content (AvgIpc) is 3.35. The fourth-order valence-corrected chi connectivity index (χ4v) is 4.90. The van der Waals surface area contributed by atoms with E-state index in [1.54, 1.807) is 6.33 Å². The number of aryl methyl sites for hydroxylation is 1. The minimum absolute atomic E-state index is 0.511. The Morgan fingerprint density at radius 2 is 1.97 bits per heavy atom. The topological polar surface area (TPSA) is 95.6 Å². The quantitative estimate of drug-likeness (QED) is 0.526. The summed E-state index contributed by atoms with van der Waals surface area (Å²) in [6, 6.07) is 10.9. The normalized spacial score (nSPS) is 19.3. The van der Waals surface area contributed by atoms with Crippen molar-refractivity contribution in [3.05, 3.63) is 54.6 Å². The molecule has 29 heavy (non-hydrogen) atoms. The lowest BCUT2D eigenvalue weighted by Crippen LogP contribution is -2.06. The number of aromatic nitrogens is 4. The maximum atomic E-state index is 5.99. The molecule has 6 heteroatoms. The monoisotopic (exact) mass is 386 g/mol. The van der Waals surface area contributed by atoms with Gasteiger partial charge in [-0.2, -0.15) is 0 Å².